The number of nitrogens with zero attached hydrogens (tertiary/aromatic N) is 2. The summed E-state index contributed by atoms with van der Waals surface area (Å²) in [5.74, 6) is -0.726. The fourth-order valence-electron chi connectivity index (χ4n) is 3.81. The first kappa shape index (κ1) is 29.6. The van der Waals surface area contributed by atoms with E-state index in [1.807, 2.05) is 26.0 Å². The molecule has 0 fully saturated rings. The van der Waals surface area contributed by atoms with Crippen molar-refractivity contribution in [1.29, 1.82) is 0 Å². The van der Waals surface area contributed by atoms with E-state index in [0.29, 0.717) is 23.7 Å². The molecule has 0 radical (unpaired) electrons. The zero-order valence-electron chi connectivity index (χ0n) is 22.0. The third kappa shape index (κ3) is 8.23. The lowest BCUT2D eigenvalue weighted by molar-refractivity contribution is -0.140. The number of sulfonamides is 1. The molecule has 2 aromatic carbocycles. The van der Waals surface area contributed by atoms with Crippen molar-refractivity contribution in [1.82, 2.24) is 10.2 Å². The average molecular weight is 536 g/mol. The van der Waals surface area contributed by atoms with Crippen LogP contribution in [0.5, 0.6) is 0 Å². The number of hydrogen-bond donors (Lipinski definition) is 1. The van der Waals surface area contributed by atoms with Crippen molar-refractivity contribution in [3.63, 3.8) is 0 Å². The zero-order chi connectivity index (χ0) is 27.1. The van der Waals surface area contributed by atoms with Crippen LogP contribution in [0.1, 0.15) is 58.6 Å². The van der Waals surface area contributed by atoms with E-state index in [2.05, 4.69) is 26.1 Å². The Morgan fingerprint density at radius 1 is 1.00 bits per heavy atom. The summed E-state index contributed by atoms with van der Waals surface area (Å²) in [5.41, 5.74) is 2.14. The second kappa shape index (κ2) is 12.6. The molecule has 0 aliphatic heterocycles. The summed E-state index contributed by atoms with van der Waals surface area (Å²) in [6.07, 6.45) is 2.22. The molecule has 0 aliphatic rings. The molecule has 198 valence electrons. The van der Waals surface area contributed by atoms with E-state index >= 15 is 0 Å². The third-order valence-electron chi connectivity index (χ3n) is 5.90. The van der Waals surface area contributed by atoms with Gasteiger partial charge >= 0.3 is 0 Å². The van der Waals surface area contributed by atoms with Crippen LogP contribution in [-0.2, 0) is 31.6 Å². The van der Waals surface area contributed by atoms with Gasteiger partial charge in [-0.15, -0.1) is 0 Å². The van der Waals surface area contributed by atoms with Crippen molar-refractivity contribution in [2.45, 2.75) is 65.5 Å². The number of carbonyl (C=O) groups excluding carboxylic acids is 2. The van der Waals surface area contributed by atoms with Crippen molar-refractivity contribution in [2.75, 3.05) is 23.7 Å². The molecule has 2 rings (SSSR count). The molecule has 9 heteroatoms. The van der Waals surface area contributed by atoms with Crippen molar-refractivity contribution in [3.8, 4) is 0 Å². The SMILES string of the molecule is CCCNC(=O)[C@H](CC)N(Cc1ccc(Cl)cc1)C(=O)CN(c1ccc(C(C)(C)C)cc1)S(C)(=O)=O. The van der Waals surface area contributed by atoms with Crippen LogP contribution in [0.4, 0.5) is 5.69 Å². The van der Waals surface area contributed by atoms with Crippen molar-refractivity contribution >= 4 is 39.1 Å². The highest BCUT2D eigenvalue weighted by molar-refractivity contribution is 7.92. The largest absolute Gasteiger partial charge is 0.354 e. The van der Waals surface area contributed by atoms with Crippen LogP contribution in [0.3, 0.4) is 0 Å². The first-order valence-corrected chi connectivity index (χ1v) is 14.4. The molecule has 0 heterocycles. The van der Waals surface area contributed by atoms with Gasteiger partial charge in [0.05, 0.1) is 11.9 Å². The number of amides is 2. The first-order chi connectivity index (χ1) is 16.8. The second-order valence-corrected chi connectivity index (χ2v) is 12.3. The zero-order valence-corrected chi connectivity index (χ0v) is 23.6. The Kier molecular flexibility index (Phi) is 10.4. The summed E-state index contributed by atoms with van der Waals surface area (Å²) in [5, 5.41) is 3.42. The van der Waals surface area contributed by atoms with Gasteiger partial charge in [0.2, 0.25) is 21.8 Å². The highest BCUT2D eigenvalue weighted by Crippen LogP contribution is 2.26. The maximum atomic E-state index is 13.7. The molecule has 0 bridgehead atoms. The van der Waals surface area contributed by atoms with Crippen LogP contribution in [0.2, 0.25) is 5.02 Å². The standard InChI is InChI=1S/C27H38ClN3O4S/c1-7-17-29-26(33)24(8-2)30(18-20-9-13-22(28)14-10-20)25(32)19-31(36(6,34)35)23-15-11-21(12-16-23)27(3,4)5/h9-16,24H,7-8,17-19H2,1-6H3,(H,29,33)/t24-/m0/s1. The van der Waals surface area contributed by atoms with Crippen LogP contribution >= 0.6 is 11.6 Å². The number of benzene rings is 2. The Labute approximate surface area is 220 Å². The lowest BCUT2D eigenvalue weighted by Crippen LogP contribution is -2.52. The molecule has 0 saturated carbocycles. The Bertz CT molecular complexity index is 1130. The van der Waals surface area contributed by atoms with Crippen molar-refractivity contribution in [3.05, 3.63) is 64.7 Å². The Morgan fingerprint density at radius 2 is 1.58 bits per heavy atom. The lowest BCUT2D eigenvalue weighted by Gasteiger charge is -2.33. The number of carbonyl (C=O) groups is 2. The monoisotopic (exact) mass is 535 g/mol. The number of nitrogens with one attached hydrogen (secondary N) is 1. The van der Waals surface area contributed by atoms with Gasteiger partial charge in [-0.05, 0) is 53.6 Å². The molecule has 2 amide bonds. The molecule has 0 unspecified atom stereocenters. The van der Waals surface area contributed by atoms with E-state index in [-0.39, 0.29) is 17.9 Å². The van der Waals surface area contributed by atoms with Crippen molar-refractivity contribution < 1.29 is 18.0 Å². The quantitative estimate of drug-likeness (QED) is 0.450. The normalized spacial score (nSPS) is 12.6. The third-order valence-corrected chi connectivity index (χ3v) is 7.29. The Morgan fingerprint density at radius 3 is 2.06 bits per heavy atom. The molecule has 1 N–H and O–H groups in total. The van der Waals surface area contributed by atoms with E-state index in [9.17, 15) is 18.0 Å². The summed E-state index contributed by atoms with van der Waals surface area (Å²) in [6, 6.07) is 13.4. The summed E-state index contributed by atoms with van der Waals surface area (Å²) < 4.78 is 26.6. The average Bonchev–Trinajstić information content (AvgIpc) is 2.81. The topological polar surface area (TPSA) is 86.8 Å². The highest BCUT2D eigenvalue weighted by atomic mass is 35.5. The van der Waals surface area contributed by atoms with E-state index < -0.39 is 28.5 Å². The summed E-state index contributed by atoms with van der Waals surface area (Å²) in [7, 11) is -3.77. The Balaban J connectivity index is 2.42. The lowest BCUT2D eigenvalue weighted by atomic mass is 9.87. The van der Waals surface area contributed by atoms with Crippen molar-refractivity contribution in [2.24, 2.45) is 0 Å². The van der Waals surface area contributed by atoms with Gasteiger partial charge in [-0.2, -0.15) is 0 Å². The molecule has 0 saturated heterocycles. The van der Waals surface area contributed by atoms with Crippen LogP contribution in [0, 0.1) is 0 Å². The van der Waals surface area contributed by atoms with E-state index in [1.165, 1.54) is 4.90 Å². The Hall–Kier alpha value is -2.58. The smallest absolute Gasteiger partial charge is 0.244 e. The fraction of sp³-hybridized carbons (Fsp3) is 0.481. The molecule has 0 aliphatic carbocycles. The molecule has 7 nitrogen and oxygen atoms in total. The van der Waals surface area contributed by atoms with Crippen LogP contribution in [0.25, 0.3) is 0 Å². The maximum absolute atomic E-state index is 13.7. The molecule has 0 aromatic heterocycles. The maximum Gasteiger partial charge on any atom is 0.244 e. The number of rotatable bonds is 11. The number of anilines is 1. The van der Waals surface area contributed by atoms with Gasteiger partial charge < -0.3 is 10.2 Å². The van der Waals surface area contributed by atoms with Gasteiger partial charge in [0, 0.05) is 18.1 Å². The molecular formula is C27H38ClN3O4S. The minimum atomic E-state index is -3.77. The van der Waals surface area contributed by atoms with Gasteiger partial charge in [-0.25, -0.2) is 8.42 Å². The number of halogens is 1. The predicted octanol–water partition coefficient (Wildman–Crippen LogP) is 4.74. The van der Waals surface area contributed by atoms with E-state index in [1.54, 1.807) is 36.4 Å². The fourth-order valence-corrected chi connectivity index (χ4v) is 4.79. The van der Waals surface area contributed by atoms with Gasteiger partial charge in [0.25, 0.3) is 0 Å². The first-order valence-electron chi connectivity index (χ1n) is 12.2. The minimum absolute atomic E-state index is 0.0974. The summed E-state index contributed by atoms with van der Waals surface area (Å²) in [6.45, 7) is 10.2. The van der Waals surface area contributed by atoms with E-state index in [4.69, 9.17) is 11.6 Å². The van der Waals surface area contributed by atoms with Gasteiger partial charge in [0.1, 0.15) is 12.6 Å². The molecule has 2 aromatic rings. The van der Waals surface area contributed by atoms with Crippen LogP contribution in [0.15, 0.2) is 48.5 Å². The van der Waals surface area contributed by atoms with Crippen LogP contribution < -0.4 is 9.62 Å². The van der Waals surface area contributed by atoms with Gasteiger partial charge in [0.15, 0.2) is 0 Å². The summed E-state index contributed by atoms with van der Waals surface area (Å²) in [4.78, 5) is 28.1. The molecule has 36 heavy (non-hydrogen) atoms. The molecule has 1 atom stereocenters. The van der Waals surface area contributed by atoms with E-state index in [0.717, 1.165) is 28.1 Å². The minimum Gasteiger partial charge on any atom is -0.354 e. The predicted molar refractivity (Wildman–Crippen MR) is 147 cm³/mol. The van der Waals surface area contributed by atoms with Gasteiger partial charge in [-0.3, -0.25) is 13.9 Å². The molecular weight excluding hydrogens is 498 g/mol. The van der Waals surface area contributed by atoms with Crippen LogP contribution in [-0.4, -0.2) is 50.5 Å². The summed E-state index contributed by atoms with van der Waals surface area (Å²) >= 11 is 6.02. The number of hydrogen-bond acceptors (Lipinski definition) is 4. The van der Waals surface area contributed by atoms with Gasteiger partial charge in [-0.1, -0.05) is 70.5 Å². The second-order valence-electron chi connectivity index (χ2n) is 9.93. The molecule has 0 spiro atoms. The highest BCUT2D eigenvalue weighted by Gasteiger charge is 2.31.